The van der Waals surface area contributed by atoms with Gasteiger partial charge in [-0.25, -0.2) is 0 Å². The van der Waals surface area contributed by atoms with Crippen molar-refractivity contribution >= 4 is 5.91 Å². The van der Waals surface area contributed by atoms with Crippen molar-refractivity contribution in [3.63, 3.8) is 0 Å². The van der Waals surface area contributed by atoms with Crippen LogP contribution in [0.5, 0.6) is 0 Å². The van der Waals surface area contributed by atoms with E-state index in [9.17, 15) is 4.79 Å². The monoisotopic (exact) mass is 360 g/mol. The van der Waals surface area contributed by atoms with Crippen molar-refractivity contribution in [2.24, 2.45) is 11.8 Å². The number of aryl methyl sites for hydroxylation is 1. The number of hydrogen-bond donors (Lipinski definition) is 0. The van der Waals surface area contributed by atoms with E-state index in [1.807, 2.05) is 6.92 Å². The SMILES string of the molecule is Cc1noc(CC2CCN(C(=O)[C@@H]3CCCN(C4CCCC4)C3)CC2)n1. The van der Waals surface area contributed by atoms with Gasteiger partial charge in [0.25, 0.3) is 0 Å². The fraction of sp³-hybridized carbons (Fsp3) is 0.850. The molecule has 0 radical (unpaired) electrons. The van der Waals surface area contributed by atoms with E-state index in [1.165, 1.54) is 38.6 Å². The molecule has 3 aliphatic rings. The summed E-state index contributed by atoms with van der Waals surface area (Å²) >= 11 is 0. The Balaban J connectivity index is 1.26. The molecule has 6 nitrogen and oxygen atoms in total. The van der Waals surface area contributed by atoms with Crippen molar-refractivity contribution in [1.82, 2.24) is 19.9 Å². The molecule has 1 atom stereocenters. The molecule has 1 aromatic heterocycles. The Labute approximate surface area is 156 Å². The third kappa shape index (κ3) is 4.11. The van der Waals surface area contributed by atoms with Gasteiger partial charge in [0.1, 0.15) is 0 Å². The van der Waals surface area contributed by atoms with E-state index in [1.54, 1.807) is 0 Å². The molecular formula is C20H32N4O2. The Morgan fingerprint density at radius 1 is 1.08 bits per heavy atom. The van der Waals surface area contributed by atoms with Gasteiger partial charge in [0.2, 0.25) is 11.8 Å². The Bertz CT molecular complexity index is 603. The minimum Gasteiger partial charge on any atom is -0.342 e. The first kappa shape index (κ1) is 18.0. The Kier molecular flexibility index (Phi) is 5.57. The highest BCUT2D eigenvalue weighted by Gasteiger charge is 2.34. The topological polar surface area (TPSA) is 62.5 Å². The number of carbonyl (C=O) groups is 1. The zero-order valence-electron chi connectivity index (χ0n) is 16.0. The van der Waals surface area contributed by atoms with E-state index in [0.29, 0.717) is 17.6 Å². The van der Waals surface area contributed by atoms with E-state index in [-0.39, 0.29) is 5.92 Å². The molecule has 1 amide bonds. The number of amides is 1. The molecule has 3 heterocycles. The molecule has 0 N–H and O–H groups in total. The van der Waals surface area contributed by atoms with Crippen LogP contribution in [0.2, 0.25) is 0 Å². The van der Waals surface area contributed by atoms with Crippen molar-refractivity contribution in [3.8, 4) is 0 Å². The van der Waals surface area contributed by atoms with Crippen molar-refractivity contribution in [2.75, 3.05) is 26.2 Å². The molecule has 2 saturated heterocycles. The fourth-order valence-corrected chi connectivity index (χ4v) is 5.09. The van der Waals surface area contributed by atoms with Gasteiger partial charge in [-0.15, -0.1) is 0 Å². The van der Waals surface area contributed by atoms with Crippen LogP contribution >= 0.6 is 0 Å². The van der Waals surface area contributed by atoms with E-state index in [0.717, 1.165) is 57.3 Å². The lowest BCUT2D eigenvalue weighted by Crippen LogP contribution is -2.49. The van der Waals surface area contributed by atoms with Gasteiger partial charge < -0.3 is 9.42 Å². The minimum absolute atomic E-state index is 0.222. The van der Waals surface area contributed by atoms with Crippen molar-refractivity contribution in [1.29, 1.82) is 0 Å². The predicted molar refractivity (Wildman–Crippen MR) is 98.6 cm³/mol. The number of rotatable bonds is 4. The van der Waals surface area contributed by atoms with Crippen molar-refractivity contribution < 1.29 is 9.32 Å². The van der Waals surface area contributed by atoms with Gasteiger partial charge in [-0.1, -0.05) is 18.0 Å². The van der Waals surface area contributed by atoms with E-state index in [2.05, 4.69) is 19.9 Å². The largest absolute Gasteiger partial charge is 0.342 e. The summed E-state index contributed by atoms with van der Waals surface area (Å²) in [4.78, 5) is 22.1. The summed E-state index contributed by atoms with van der Waals surface area (Å²) in [6, 6.07) is 0.745. The third-order valence-electron chi connectivity index (χ3n) is 6.60. The fourth-order valence-electron chi connectivity index (χ4n) is 5.09. The van der Waals surface area contributed by atoms with Gasteiger partial charge in [-0.3, -0.25) is 9.69 Å². The Morgan fingerprint density at radius 2 is 1.85 bits per heavy atom. The lowest BCUT2D eigenvalue weighted by Gasteiger charge is -2.39. The second-order valence-electron chi connectivity index (χ2n) is 8.48. The first-order valence-electron chi connectivity index (χ1n) is 10.5. The number of aromatic nitrogens is 2. The summed E-state index contributed by atoms with van der Waals surface area (Å²) in [7, 11) is 0. The first-order valence-corrected chi connectivity index (χ1v) is 10.5. The summed E-state index contributed by atoms with van der Waals surface area (Å²) < 4.78 is 5.25. The number of likely N-dealkylation sites (tertiary alicyclic amines) is 2. The maximum Gasteiger partial charge on any atom is 0.226 e. The molecule has 1 saturated carbocycles. The molecule has 2 aliphatic heterocycles. The van der Waals surface area contributed by atoms with Gasteiger partial charge in [0.05, 0.1) is 5.92 Å². The van der Waals surface area contributed by atoms with Crippen LogP contribution in [0.25, 0.3) is 0 Å². The average molecular weight is 361 g/mol. The van der Waals surface area contributed by atoms with Crippen molar-refractivity contribution in [2.45, 2.75) is 70.8 Å². The van der Waals surface area contributed by atoms with Gasteiger partial charge in [0, 0.05) is 32.1 Å². The molecule has 3 fully saturated rings. The molecule has 4 rings (SSSR count). The zero-order chi connectivity index (χ0) is 17.9. The first-order chi connectivity index (χ1) is 12.7. The smallest absolute Gasteiger partial charge is 0.226 e. The van der Waals surface area contributed by atoms with Crippen LogP contribution in [0.4, 0.5) is 0 Å². The summed E-state index contributed by atoms with van der Waals surface area (Å²) in [6.07, 6.45) is 10.6. The summed E-state index contributed by atoms with van der Waals surface area (Å²) in [5.41, 5.74) is 0. The Morgan fingerprint density at radius 3 is 2.54 bits per heavy atom. The van der Waals surface area contributed by atoms with E-state index >= 15 is 0 Å². The lowest BCUT2D eigenvalue weighted by atomic mass is 9.90. The number of carbonyl (C=O) groups excluding carboxylic acids is 1. The van der Waals surface area contributed by atoms with Crippen LogP contribution in [-0.2, 0) is 11.2 Å². The Hall–Kier alpha value is -1.43. The molecule has 0 bridgehead atoms. The number of nitrogens with zero attached hydrogens (tertiary/aromatic N) is 4. The van der Waals surface area contributed by atoms with Crippen LogP contribution < -0.4 is 0 Å². The highest BCUT2D eigenvalue weighted by Crippen LogP contribution is 2.29. The molecule has 0 spiro atoms. The third-order valence-corrected chi connectivity index (χ3v) is 6.60. The van der Waals surface area contributed by atoms with Crippen LogP contribution in [-0.4, -0.2) is 58.1 Å². The molecule has 0 unspecified atom stereocenters. The molecular weight excluding hydrogens is 328 g/mol. The second kappa shape index (κ2) is 8.07. The van der Waals surface area contributed by atoms with E-state index in [4.69, 9.17) is 4.52 Å². The number of piperidine rings is 2. The molecule has 1 aromatic rings. The van der Waals surface area contributed by atoms with Crippen LogP contribution in [0.3, 0.4) is 0 Å². The van der Waals surface area contributed by atoms with Gasteiger partial charge in [-0.05, 0) is 57.9 Å². The minimum atomic E-state index is 0.222. The van der Waals surface area contributed by atoms with Crippen LogP contribution in [0, 0.1) is 18.8 Å². The maximum atomic E-state index is 13.0. The van der Waals surface area contributed by atoms with Crippen LogP contribution in [0.15, 0.2) is 4.52 Å². The predicted octanol–water partition coefficient (Wildman–Crippen LogP) is 2.81. The standard InChI is InChI=1S/C20H32N4O2/c1-15-21-19(26-22-15)13-16-8-11-23(12-9-16)20(25)17-5-4-10-24(14-17)18-6-2-3-7-18/h16-18H,2-14H2,1H3/t17-/m1/s1. The molecule has 26 heavy (non-hydrogen) atoms. The van der Waals surface area contributed by atoms with E-state index < -0.39 is 0 Å². The summed E-state index contributed by atoms with van der Waals surface area (Å²) in [5, 5.41) is 3.87. The molecule has 0 aromatic carbocycles. The highest BCUT2D eigenvalue weighted by atomic mass is 16.5. The van der Waals surface area contributed by atoms with Gasteiger partial charge in [0.15, 0.2) is 5.82 Å². The summed E-state index contributed by atoms with van der Waals surface area (Å²) in [5.74, 6) is 2.63. The molecule has 6 heteroatoms. The average Bonchev–Trinajstić information content (AvgIpc) is 3.34. The zero-order valence-corrected chi connectivity index (χ0v) is 16.0. The van der Waals surface area contributed by atoms with Crippen molar-refractivity contribution in [3.05, 3.63) is 11.7 Å². The normalized spacial score (nSPS) is 26.5. The molecule has 1 aliphatic carbocycles. The quantitative estimate of drug-likeness (QED) is 0.826. The van der Waals surface area contributed by atoms with Gasteiger partial charge >= 0.3 is 0 Å². The summed E-state index contributed by atoms with van der Waals surface area (Å²) in [6.45, 7) is 5.81. The lowest BCUT2D eigenvalue weighted by molar-refractivity contribution is -0.139. The number of hydrogen-bond acceptors (Lipinski definition) is 5. The molecule has 144 valence electrons. The maximum absolute atomic E-state index is 13.0. The van der Waals surface area contributed by atoms with Crippen LogP contribution in [0.1, 0.15) is 63.1 Å². The van der Waals surface area contributed by atoms with Gasteiger partial charge in [-0.2, -0.15) is 4.98 Å². The highest BCUT2D eigenvalue weighted by molar-refractivity contribution is 5.79. The second-order valence-corrected chi connectivity index (χ2v) is 8.48.